The number of amides is 1. The Balaban J connectivity index is 1.67. The normalized spacial score (nSPS) is 10.2. The highest BCUT2D eigenvalue weighted by Gasteiger charge is 2.13. The van der Waals surface area contributed by atoms with Crippen molar-refractivity contribution >= 4 is 35.1 Å². The quantitative estimate of drug-likeness (QED) is 0.561. The number of hydrazine groups is 1. The van der Waals surface area contributed by atoms with Gasteiger partial charge in [-0.1, -0.05) is 41.4 Å². The lowest BCUT2D eigenvalue weighted by Gasteiger charge is -2.13. The van der Waals surface area contributed by atoms with Crippen molar-refractivity contribution in [3.05, 3.63) is 75.9 Å². The van der Waals surface area contributed by atoms with E-state index in [1.807, 2.05) is 0 Å². The van der Waals surface area contributed by atoms with Crippen LogP contribution in [0.3, 0.4) is 0 Å². The number of aromatic nitrogens is 2. The van der Waals surface area contributed by atoms with Gasteiger partial charge in [0.25, 0.3) is 5.91 Å². The van der Waals surface area contributed by atoms with Gasteiger partial charge in [0.05, 0.1) is 12.7 Å². The van der Waals surface area contributed by atoms with Gasteiger partial charge in [-0.05, 0) is 24.3 Å². The topological polar surface area (TPSA) is 85.4 Å². The zero-order chi connectivity index (χ0) is 19.9. The SMILES string of the molecule is COc1ccnc(NNC(=O)c2ccccc2OCc2ccc(Cl)cc2Cl)n1. The number of anilines is 1. The highest BCUT2D eigenvalue weighted by Crippen LogP contribution is 2.24. The molecule has 0 saturated heterocycles. The van der Waals surface area contributed by atoms with Gasteiger partial charge < -0.3 is 9.47 Å². The van der Waals surface area contributed by atoms with Crippen LogP contribution in [0, 0.1) is 0 Å². The van der Waals surface area contributed by atoms with Crippen LogP contribution in [-0.2, 0) is 6.61 Å². The Bertz CT molecular complexity index is 985. The molecule has 0 aliphatic heterocycles. The van der Waals surface area contributed by atoms with E-state index in [0.29, 0.717) is 27.2 Å². The molecule has 1 heterocycles. The van der Waals surface area contributed by atoms with Crippen LogP contribution in [0.25, 0.3) is 0 Å². The van der Waals surface area contributed by atoms with E-state index in [2.05, 4.69) is 20.8 Å². The van der Waals surface area contributed by atoms with Crippen LogP contribution in [0.5, 0.6) is 11.6 Å². The third kappa shape index (κ3) is 5.03. The number of rotatable bonds is 7. The first-order valence-corrected chi connectivity index (χ1v) is 8.91. The Hall–Kier alpha value is -3.03. The smallest absolute Gasteiger partial charge is 0.273 e. The summed E-state index contributed by atoms with van der Waals surface area (Å²) in [5, 5.41) is 1.03. The van der Waals surface area contributed by atoms with E-state index in [-0.39, 0.29) is 12.6 Å². The number of carbonyl (C=O) groups excluding carboxylic acids is 1. The minimum absolute atomic E-state index is 0.187. The molecule has 144 valence electrons. The summed E-state index contributed by atoms with van der Waals surface area (Å²) < 4.78 is 10.8. The number of benzene rings is 2. The number of carbonyl (C=O) groups is 1. The molecule has 7 nitrogen and oxygen atoms in total. The van der Waals surface area contributed by atoms with Crippen LogP contribution >= 0.6 is 23.2 Å². The standard InChI is InChI=1S/C19H16Cl2N4O3/c1-27-17-8-9-22-19(23-17)25-24-18(26)14-4-2-3-5-16(14)28-11-12-6-7-13(20)10-15(12)21/h2-10H,11H2,1H3,(H,24,26)(H,22,23,25). The summed E-state index contributed by atoms with van der Waals surface area (Å²) in [6.07, 6.45) is 1.51. The highest BCUT2D eigenvalue weighted by molar-refractivity contribution is 6.35. The highest BCUT2D eigenvalue weighted by atomic mass is 35.5. The van der Waals surface area contributed by atoms with Crippen molar-refractivity contribution in [3.8, 4) is 11.6 Å². The summed E-state index contributed by atoms with van der Waals surface area (Å²) in [5.74, 6) is 0.554. The largest absolute Gasteiger partial charge is 0.488 e. The molecule has 9 heteroatoms. The van der Waals surface area contributed by atoms with Crippen molar-refractivity contribution in [2.24, 2.45) is 0 Å². The lowest BCUT2D eigenvalue weighted by atomic mass is 10.2. The number of nitrogens with zero attached hydrogens (tertiary/aromatic N) is 2. The van der Waals surface area contributed by atoms with Crippen molar-refractivity contribution < 1.29 is 14.3 Å². The fraction of sp³-hybridized carbons (Fsp3) is 0.105. The predicted octanol–water partition coefficient (Wildman–Crippen LogP) is 4.13. The monoisotopic (exact) mass is 418 g/mol. The van der Waals surface area contributed by atoms with E-state index in [0.717, 1.165) is 5.56 Å². The first-order chi connectivity index (χ1) is 13.6. The molecule has 0 atom stereocenters. The van der Waals surface area contributed by atoms with Crippen LogP contribution in [0.15, 0.2) is 54.7 Å². The Kier molecular flexibility index (Phi) is 6.52. The summed E-state index contributed by atoms with van der Waals surface area (Å²) in [5.41, 5.74) is 6.26. The maximum atomic E-state index is 12.5. The second kappa shape index (κ2) is 9.25. The van der Waals surface area contributed by atoms with Gasteiger partial charge in [0, 0.05) is 27.9 Å². The molecule has 0 fully saturated rings. The predicted molar refractivity (Wildman–Crippen MR) is 107 cm³/mol. The van der Waals surface area contributed by atoms with Gasteiger partial charge in [0.1, 0.15) is 12.4 Å². The summed E-state index contributed by atoms with van der Waals surface area (Å²) >= 11 is 12.1. The summed E-state index contributed by atoms with van der Waals surface area (Å²) in [6, 6.07) is 13.6. The number of hydrogen-bond acceptors (Lipinski definition) is 6. The van der Waals surface area contributed by atoms with Gasteiger partial charge in [0.2, 0.25) is 11.8 Å². The molecule has 0 saturated carbocycles. The molecule has 3 aromatic rings. The van der Waals surface area contributed by atoms with Crippen molar-refractivity contribution in [2.75, 3.05) is 12.5 Å². The minimum atomic E-state index is -0.413. The Morgan fingerprint density at radius 3 is 2.75 bits per heavy atom. The van der Waals surface area contributed by atoms with Gasteiger partial charge in [-0.3, -0.25) is 15.6 Å². The van der Waals surface area contributed by atoms with E-state index in [9.17, 15) is 4.79 Å². The summed E-state index contributed by atoms with van der Waals surface area (Å²) in [6.45, 7) is 0.187. The number of hydrogen-bond donors (Lipinski definition) is 2. The number of ether oxygens (including phenoxy) is 2. The van der Waals surface area contributed by atoms with E-state index in [1.165, 1.54) is 13.3 Å². The van der Waals surface area contributed by atoms with Crippen molar-refractivity contribution in [3.63, 3.8) is 0 Å². The first kappa shape index (κ1) is 19.7. The number of halogens is 2. The van der Waals surface area contributed by atoms with E-state index in [4.69, 9.17) is 32.7 Å². The maximum absolute atomic E-state index is 12.5. The minimum Gasteiger partial charge on any atom is -0.488 e. The molecule has 0 bridgehead atoms. The Morgan fingerprint density at radius 2 is 1.96 bits per heavy atom. The molecule has 2 N–H and O–H groups in total. The van der Waals surface area contributed by atoms with Crippen molar-refractivity contribution in [1.82, 2.24) is 15.4 Å². The van der Waals surface area contributed by atoms with Crippen molar-refractivity contribution in [2.45, 2.75) is 6.61 Å². The van der Waals surface area contributed by atoms with Gasteiger partial charge >= 0.3 is 0 Å². The van der Waals surface area contributed by atoms with Gasteiger partial charge in [-0.25, -0.2) is 4.98 Å². The van der Waals surface area contributed by atoms with Crippen LogP contribution in [0.1, 0.15) is 15.9 Å². The Labute approximate surface area is 171 Å². The third-order valence-electron chi connectivity index (χ3n) is 3.66. The molecular formula is C19H16Cl2N4O3. The first-order valence-electron chi connectivity index (χ1n) is 8.16. The summed E-state index contributed by atoms with van der Waals surface area (Å²) in [4.78, 5) is 20.6. The summed E-state index contributed by atoms with van der Waals surface area (Å²) in [7, 11) is 1.49. The average molecular weight is 419 g/mol. The molecule has 2 aromatic carbocycles. The molecule has 0 aliphatic carbocycles. The molecule has 0 unspecified atom stereocenters. The van der Waals surface area contributed by atoms with Crippen LogP contribution in [0.4, 0.5) is 5.95 Å². The van der Waals surface area contributed by atoms with Crippen LogP contribution in [0.2, 0.25) is 10.0 Å². The molecule has 0 aliphatic rings. The third-order valence-corrected chi connectivity index (χ3v) is 4.24. The lowest BCUT2D eigenvalue weighted by Crippen LogP contribution is -2.30. The zero-order valence-electron chi connectivity index (χ0n) is 14.8. The second-order valence-electron chi connectivity index (χ2n) is 5.52. The zero-order valence-corrected chi connectivity index (χ0v) is 16.3. The van der Waals surface area contributed by atoms with Gasteiger partial charge in [-0.2, -0.15) is 4.98 Å². The van der Waals surface area contributed by atoms with E-state index >= 15 is 0 Å². The molecule has 0 spiro atoms. The number of nitrogens with one attached hydrogen (secondary N) is 2. The van der Waals surface area contributed by atoms with E-state index < -0.39 is 5.91 Å². The number of methoxy groups -OCH3 is 1. The molecule has 28 heavy (non-hydrogen) atoms. The van der Waals surface area contributed by atoms with Gasteiger partial charge in [-0.15, -0.1) is 0 Å². The second-order valence-corrected chi connectivity index (χ2v) is 6.37. The van der Waals surface area contributed by atoms with Crippen LogP contribution < -0.4 is 20.3 Å². The maximum Gasteiger partial charge on any atom is 0.273 e. The van der Waals surface area contributed by atoms with Crippen molar-refractivity contribution in [1.29, 1.82) is 0 Å². The van der Waals surface area contributed by atoms with Crippen LogP contribution in [-0.4, -0.2) is 23.0 Å². The average Bonchev–Trinajstić information content (AvgIpc) is 2.72. The number of para-hydroxylation sites is 1. The Morgan fingerprint density at radius 1 is 1.14 bits per heavy atom. The molecule has 3 rings (SSSR count). The molecule has 1 amide bonds. The molecule has 1 aromatic heterocycles. The fourth-order valence-electron chi connectivity index (χ4n) is 2.27. The molecular weight excluding hydrogens is 403 g/mol. The van der Waals surface area contributed by atoms with Gasteiger partial charge in [0.15, 0.2) is 0 Å². The fourth-order valence-corrected chi connectivity index (χ4v) is 2.73. The lowest BCUT2D eigenvalue weighted by molar-refractivity contribution is 0.0957. The molecule has 0 radical (unpaired) electrons. The van der Waals surface area contributed by atoms with E-state index in [1.54, 1.807) is 48.5 Å².